The van der Waals surface area contributed by atoms with Gasteiger partial charge in [0.2, 0.25) is 0 Å². The molecule has 0 amide bonds. The van der Waals surface area contributed by atoms with E-state index in [1.54, 1.807) is 4.57 Å². The standard InChI is InChI=1S/C9H11N5O3S/c10-13-12-5-3-8(17-6(5)4-15)14-2-1-7(16)11-9(14)18/h1-2,5-6,8,15H,3-4H2,(H,11,16,18)/t5-,6+,8-/m0/s1. The lowest BCUT2D eigenvalue weighted by Crippen LogP contribution is -2.23. The minimum absolute atomic E-state index is 0.228. The van der Waals surface area contributed by atoms with Crippen LogP contribution in [-0.4, -0.2) is 33.4 Å². The summed E-state index contributed by atoms with van der Waals surface area (Å²) < 4.78 is 7.33. The molecule has 3 atom stereocenters. The average molecular weight is 269 g/mol. The highest BCUT2D eigenvalue weighted by molar-refractivity contribution is 7.71. The zero-order valence-electron chi connectivity index (χ0n) is 9.26. The van der Waals surface area contributed by atoms with Crippen molar-refractivity contribution >= 4 is 12.2 Å². The predicted octanol–water partition coefficient (Wildman–Crippen LogP) is 0.865. The third-order valence-corrected chi connectivity index (χ3v) is 3.06. The number of H-pyrrole nitrogens is 1. The Morgan fingerprint density at radius 2 is 2.56 bits per heavy atom. The Bertz CT molecular complexity index is 590. The van der Waals surface area contributed by atoms with Gasteiger partial charge in [-0.05, 0) is 17.7 Å². The maximum Gasteiger partial charge on any atom is 0.251 e. The highest BCUT2D eigenvalue weighted by atomic mass is 32.1. The van der Waals surface area contributed by atoms with Crippen LogP contribution < -0.4 is 5.56 Å². The molecule has 96 valence electrons. The van der Waals surface area contributed by atoms with Crippen LogP contribution in [0.1, 0.15) is 12.6 Å². The Labute approximate surface area is 106 Å². The minimum Gasteiger partial charge on any atom is -0.394 e. The number of nitrogens with zero attached hydrogens (tertiary/aromatic N) is 4. The summed E-state index contributed by atoms with van der Waals surface area (Å²) >= 11 is 5.02. The van der Waals surface area contributed by atoms with Gasteiger partial charge in [0.15, 0.2) is 4.77 Å². The van der Waals surface area contributed by atoms with Crippen LogP contribution in [0.5, 0.6) is 0 Å². The molecule has 2 N–H and O–H groups in total. The van der Waals surface area contributed by atoms with Gasteiger partial charge in [-0.3, -0.25) is 14.3 Å². The third-order valence-electron chi connectivity index (χ3n) is 2.75. The number of ether oxygens (including phenoxy) is 1. The largest absolute Gasteiger partial charge is 0.394 e. The van der Waals surface area contributed by atoms with Crippen molar-refractivity contribution in [2.45, 2.75) is 24.8 Å². The van der Waals surface area contributed by atoms with Crippen molar-refractivity contribution in [2.75, 3.05) is 6.61 Å². The van der Waals surface area contributed by atoms with Gasteiger partial charge in [-0.15, -0.1) is 0 Å². The summed E-state index contributed by atoms with van der Waals surface area (Å²) in [5.41, 5.74) is 8.14. The normalized spacial score (nSPS) is 26.8. The first-order chi connectivity index (χ1) is 8.65. The van der Waals surface area contributed by atoms with Crippen LogP contribution in [0.15, 0.2) is 22.2 Å². The summed E-state index contributed by atoms with van der Waals surface area (Å²) in [7, 11) is 0. The number of rotatable bonds is 3. The topological polar surface area (TPSA) is 116 Å². The number of aromatic amines is 1. The molecule has 1 aromatic heterocycles. The van der Waals surface area contributed by atoms with Crippen LogP contribution in [-0.2, 0) is 4.74 Å². The summed E-state index contributed by atoms with van der Waals surface area (Å²) in [5, 5.41) is 12.7. The van der Waals surface area contributed by atoms with E-state index in [4.69, 9.17) is 27.6 Å². The molecule has 1 aliphatic rings. The van der Waals surface area contributed by atoms with Gasteiger partial charge >= 0.3 is 0 Å². The molecule has 0 saturated carbocycles. The van der Waals surface area contributed by atoms with Gasteiger partial charge in [0.25, 0.3) is 5.56 Å². The first kappa shape index (κ1) is 12.8. The van der Waals surface area contributed by atoms with E-state index in [1.165, 1.54) is 12.3 Å². The number of nitrogens with one attached hydrogen (secondary N) is 1. The van der Waals surface area contributed by atoms with E-state index >= 15 is 0 Å². The number of aromatic nitrogens is 2. The quantitative estimate of drug-likeness (QED) is 0.366. The van der Waals surface area contributed by atoms with E-state index < -0.39 is 18.4 Å². The van der Waals surface area contributed by atoms with Crippen LogP contribution in [0.3, 0.4) is 0 Å². The molecule has 1 fully saturated rings. The minimum atomic E-state index is -0.556. The molecular formula is C9H11N5O3S. The van der Waals surface area contributed by atoms with Crippen LogP contribution >= 0.6 is 12.2 Å². The van der Waals surface area contributed by atoms with Gasteiger partial charge in [0.1, 0.15) is 6.23 Å². The Balaban J connectivity index is 2.28. The van der Waals surface area contributed by atoms with E-state index in [2.05, 4.69) is 15.0 Å². The summed E-state index contributed by atoms with van der Waals surface area (Å²) in [4.78, 5) is 16.3. The highest BCUT2D eigenvalue weighted by Gasteiger charge is 2.35. The molecule has 0 unspecified atom stereocenters. The third kappa shape index (κ3) is 2.44. The molecule has 1 aliphatic heterocycles. The smallest absolute Gasteiger partial charge is 0.251 e. The van der Waals surface area contributed by atoms with E-state index in [0.29, 0.717) is 6.42 Å². The molecule has 18 heavy (non-hydrogen) atoms. The molecule has 9 heteroatoms. The van der Waals surface area contributed by atoms with E-state index in [-0.39, 0.29) is 16.9 Å². The fourth-order valence-corrected chi connectivity index (χ4v) is 2.17. The molecule has 1 aromatic rings. The summed E-state index contributed by atoms with van der Waals surface area (Å²) in [6, 6.07) is 0.882. The van der Waals surface area contributed by atoms with Crippen molar-refractivity contribution in [3.05, 3.63) is 37.8 Å². The highest BCUT2D eigenvalue weighted by Crippen LogP contribution is 2.30. The van der Waals surface area contributed by atoms with Gasteiger partial charge in [-0.25, -0.2) is 0 Å². The molecule has 0 bridgehead atoms. The average Bonchev–Trinajstić information content (AvgIpc) is 2.72. The first-order valence-electron chi connectivity index (χ1n) is 5.27. The second-order valence-corrected chi connectivity index (χ2v) is 4.22. The molecular weight excluding hydrogens is 258 g/mol. The molecule has 0 aromatic carbocycles. The lowest BCUT2D eigenvalue weighted by molar-refractivity contribution is -0.0262. The number of hydrogen-bond acceptors (Lipinski definition) is 5. The molecule has 0 spiro atoms. The predicted molar refractivity (Wildman–Crippen MR) is 64.4 cm³/mol. The Morgan fingerprint density at radius 1 is 1.78 bits per heavy atom. The second-order valence-electron chi connectivity index (χ2n) is 3.84. The number of aliphatic hydroxyl groups is 1. The molecule has 2 heterocycles. The number of aliphatic hydroxyl groups excluding tert-OH is 1. The van der Waals surface area contributed by atoms with E-state index in [9.17, 15) is 4.79 Å². The number of azide groups is 1. The van der Waals surface area contributed by atoms with Crippen molar-refractivity contribution in [2.24, 2.45) is 5.11 Å². The monoisotopic (exact) mass is 269 g/mol. The van der Waals surface area contributed by atoms with Crippen molar-refractivity contribution in [3.63, 3.8) is 0 Å². The fourth-order valence-electron chi connectivity index (χ4n) is 1.89. The Hall–Kier alpha value is -1.67. The van der Waals surface area contributed by atoms with Crippen molar-refractivity contribution in [1.82, 2.24) is 9.55 Å². The molecule has 0 aliphatic carbocycles. The second kappa shape index (κ2) is 5.32. The van der Waals surface area contributed by atoms with Gasteiger partial charge < -0.3 is 9.84 Å². The molecule has 1 saturated heterocycles. The van der Waals surface area contributed by atoms with Crippen LogP contribution in [0.4, 0.5) is 0 Å². The lowest BCUT2D eigenvalue weighted by Gasteiger charge is -2.15. The van der Waals surface area contributed by atoms with Crippen LogP contribution in [0.25, 0.3) is 10.4 Å². The maximum absolute atomic E-state index is 11.1. The van der Waals surface area contributed by atoms with Crippen LogP contribution in [0.2, 0.25) is 0 Å². The molecule has 8 nitrogen and oxygen atoms in total. The zero-order valence-corrected chi connectivity index (χ0v) is 10.1. The first-order valence-corrected chi connectivity index (χ1v) is 5.68. The van der Waals surface area contributed by atoms with Crippen molar-refractivity contribution < 1.29 is 9.84 Å². The SMILES string of the molecule is [N-]=[N+]=N[C@H]1C[C@@H](n2ccc(=O)[nH]c2=S)O[C@@H]1CO. The fraction of sp³-hybridized carbons (Fsp3) is 0.556. The van der Waals surface area contributed by atoms with E-state index in [1.807, 2.05) is 0 Å². The summed E-state index contributed by atoms with van der Waals surface area (Å²) in [6.45, 7) is -0.239. The van der Waals surface area contributed by atoms with Gasteiger partial charge in [-0.1, -0.05) is 5.11 Å². The number of hydrogen-bond donors (Lipinski definition) is 2. The molecule has 2 rings (SSSR count). The Morgan fingerprint density at radius 3 is 3.17 bits per heavy atom. The van der Waals surface area contributed by atoms with Crippen molar-refractivity contribution in [1.29, 1.82) is 0 Å². The molecule has 0 radical (unpaired) electrons. The van der Waals surface area contributed by atoms with Gasteiger partial charge in [-0.2, -0.15) is 0 Å². The Kier molecular flexibility index (Phi) is 3.78. The van der Waals surface area contributed by atoms with E-state index in [0.717, 1.165) is 0 Å². The maximum atomic E-state index is 11.1. The van der Waals surface area contributed by atoms with Crippen molar-refractivity contribution in [3.8, 4) is 0 Å². The van der Waals surface area contributed by atoms with Crippen LogP contribution in [0, 0.1) is 4.77 Å². The lowest BCUT2D eigenvalue weighted by atomic mass is 10.1. The summed E-state index contributed by atoms with van der Waals surface area (Å²) in [6.07, 6.45) is 0.899. The zero-order chi connectivity index (χ0) is 13.1. The summed E-state index contributed by atoms with van der Waals surface area (Å²) in [5.74, 6) is 0. The van der Waals surface area contributed by atoms with Gasteiger partial charge in [0.05, 0.1) is 18.8 Å². The van der Waals surface area contributed by atoms with Gasteiger partial charge in [0, 0.05) is 23.6 Å².